The van der Waals surface area contributed by atoms with Crippen molar-refractivity contribution in [3.63, 3.8) is 0 Å². The highest BCUT2D eigenvalue weighted by Gasteiger charge is 2.37. The number of aliphatic hydroxyl groups is 1. The van der Waals surface area contributed by atoms with E-state index in [1.54, 1.807) is 0 Å². The second-order valence-corrected chi connectivity index (χ2v) is 9.69. The molecule has 0 unspecified atom stereocenters. The first-order chi connectivity index (χ1) is 16.6. The van der Waals surface area contributed by atoms with Crippen molar-refractivity contribution in [2.24, 2.45) is 5.92 Å². The summed E-state index contributed by atoms with van der Waals surface area (Å²) in [5.74, 6) is 0.721. The minimum absolute atomic E-state index is 0.0894. The average Bonchev–Trinajstić information content (AvgIpc) is 2.87. The van der Waals surface area contributed by atoms with E-state index in [4.69, 9.17) is 9.47 Å². The predicted octanol–water partition coefficient (Wildman–Crippen LogP) is 7.42. The molecule has 1 N–H and O–H groups in total. The zero-order valence-electron chi connectivity index (χ0n) is 21.1. The van der Waals surface area contributed by atoms with Gasteiger partial charge in [0.25, 0.3) is 0 Å². The molecule has 4 nitrogen and oxygen atoms in total. The molecule has 0 saturated heterocycles. The SMILES string of the molecule is CCCCCCCOc1ccc(-c2ccc(C3(O)CCC(C(=O)OCCCC)CC3)cc2)cc1. The summed E-state index contributed by atoms with van der Waals surface area (Å²) in [5.41, 5.74) is 2.31. The van der Waals surface area contributed by atoms with Crippen LogP contribution in [0.3, 0.4) is 0 Å². The molecule has 3 rings (SSSR count). The van der Waals surface area contributed by atoms with Gasteiger partial charge >= 0.3 is 5.97 Å². The van der Waals surface area contributed by atoms with Crippen LogP contribution in [0.5, 0.6) is 5.75 Å². The molecular weight excluding hydrogens is 424 g/mol. The van der Waals surface area contributed by atoms with Crippen molar-refractivity contribution in [2.45, 2.75) is 90.1 Å². The van der Waals surface area contributed by atoms with Crippen molar-refractivity contribution in [1.29, 1.82) is 0 Å². The third-order valence-electron chi connectivity index (χ3n) is 7.01. The van der Waals surface area contributed by atoms with Crippen LogP contribution in [0.25, 0.3) is 11.1 Å². The molecule has 0 bridgehead atoms. The third kappa shape index (κ3) is 7.59. The van der Waals surface area contributed by atoms with E-state index in [2.05, 4.69) is 38.1 Å². The Labute approximate surface area is 205 Å². The number of benzene rings is 2. The van der Waals surface area contributed by atoms with E-state index in [0.29, 0.717) is 32.3 Å². The van der Waals surface area contributed by atoms with Gasteiger partial charge in [-0.3, -0.25) is 4.79 Å². The quantitative estimate of drug-likeness (QED) is 0.246. The second kappa shape index (κ2) is 13.5. The van der Waals surface area contributed by atoms with Gasteiger partial charge in [-0.05, 0) is 67.3 Å². The van der Waals surface area contributed by atoms with Gasteiger partial charge in [-0.15, -0.1) is 0 Å². The van der Waals surface area contributed by atoms with Crippen LogP contribution in [0.2, 0.25) is 0 Å². The normalized spacial score (nSPS) is 20.1. The number of rotatable bonds is 13. The predicted molar refractivity (Wildman–Crippen MR) is 138 cm³/mol. The van der Waals surface area contributed by atoms with Gasteiger partial charge < -0.3 is 14.6 Å². The molecule has 2 aromatic carbocycles. The first-order valence-electron chi connectivity index (χ1n) is 13.3. The lowest BCUT2D eigenvalue weighted by Crippen LogP contribution is -2.34. The topological polar surface area (TPSA) is 55.8 Å². The van der Waals surface area contributed by atoms with Crippen molar-refractivity contribution < 1.29 is 19.4 Å². The number of hydrogen-bond donors (Lipinski definition) is 1. The maximum absolute atomic E-state index is 12.2. The van der Waals surface area contributed by atoms with Gasteiger partial charge in [-0.1, -0.05) is 82.3 Å². The number of carbonyl (C=O) groups is 1. The molecule has 186 valence electrons. The summed E-state index contributed by atoms with van der Waals surface area (Å²) in [4.78, 5) is 12.2. The lowest BCUT2D eigenvalue weighted by atomic mass is 9.75. The van der Waals surface area contributed by atoms with Crippen molar-refractivity contribution in [1.82, 2.24) is 0 Å². The molecule has 0 atom stereocenters. The van der Waals surface area contributed by atoms with Crippen molar-refractivity contribution in [2.75, 3.05) is 13.2 Å². The molecule has 0 spiro atoms. The Morgan fingerprint density at radius 1 is 0.824 bits per heavy atom. The van der Waals surface area contributed by atoms with Gasteiger partial charge in [-0.25, -0.2) is 0 Å². The van der Waals surface area contributed by atoms with Crippen LogP contribution in [-0.2, 0) is 15.1 Å². The Kier molecular flexibility index (Phi) is 10.5. The zero-order chi connectivity index (χ0) is 24.2. The molecule has 0 aromatic heterocycles. The van der Waals surface area contributed by atoms with Crippen LogP contribution in [0.15, 0.2) is 48.5 Å². The Bertz CT molecular complexity index is 848. The summed E-state index contributed by atoms with van der Waals surface area (Å²) in [6, 6.07) is 16.4. The summed E-state index contributed by atoms with van der Waals surface area (Å²) in [7, 11) is 0. The number of hydrogen-bond acceptors (Lipinski definition) is 4. The average molecular weight is 467 g/mol. The van der Waals surface area contributed by atoms with Crippen LogP contribution >= 0.6 is 0 Å². The lowest BCUT2D eigenvalue weighted by molar-refractivity contribution is -0.151. The molecule has 0 heterocycles. The van der Waals surface area contributed by atoms with Crippen molar-refractivity contribution >= 4 is 5.97 Å². The van der Waals surface area contributed by atoms with Crippen LogP contribution < -0.4 is 4.74 Å². The highest BCUT2D eigenvalue weighted by atomic mass is 16.5. The van der Waals surface area contributed by atoms with Crippen LogP contribution in [0.4, 0.5) is 0 Å². The molecule has 2 aromatic rings. The maximum atomic E-state index is 12.2. The van der Waals surface area contributed by atoms with Gasteiger partial charge in [0.15, 0.2) is 0 Å². The van der Waals surface area contributed by atoms with Crippen LogP contribution in [0, 0.1) is 5.92 Å². The molecule has 1 aliphatic rings. The number of unbranched alkanes of at least 4 members (excludes halogenated alkanes) is 5. The van der Waals surface area contributed by atoms with Gasteiger partial charge in [-0.2, -0.15) is 0 Å². The second-order valence-electron chi connectivity index (χ2n) is 9.69. The van der Waals surface area contributed by atoms with E-state index in [1.807, 2.05) is 24.3 Å². The third-order valence-corrected chi connectivity index (χ3v) is 7.01. The van der Waals surface area contributed by atoms with Crippen LogP contribution in [0.1, 0.15) is 90.0 Å². The van der Waals surface area contributed by atoms with Gasteiger partial charge in [0, 0.05) is 0 Å². The summed E-state index contributed by atoms with van der Waals surface area (Å²) >= 11 is 0. The smallest absolute Gasteiger partial charge is 0.308 e. The largest absolute Gasteiger partial charge is 0.494 e. The summed E-state index contributed by atoms with van der Waals surface area (Å²) < 4.78 is 11.3. The Morgan fingerprint density at radius 2 is 1.41 bits per heavy atom. The van der Waals surface area contributed by atoms with E-state index in [-0.39, 0.29) is 11.9 Å². The standard InChI is InChI=1S/C30H42O4/c1-3-5-7-8-9-23-33-28-16-12-25(13-17-28)24-10-14-27(15-11-24)30(32)20-18-26(19-21-30)29(31)34-22-6-4-2/h10-17,26,32H,3-9,18-23H2,1-2H3. The molecule has 1 aliphatic carbocycles. The number of esters is 1. The molecule has 4 heteroatoms. The van der Waals surface area contributed by atoms with Gasteiger partial charge in [0.05, 0.1) is 24.7 Å². The number of carbonyl (C=O) groups excluding carboxylic acids is 1. The first kappa shape index (κ1) is 26.3. The molecule has 0 radical (unpaired) electrons. The Balaban J connectivity index is 1.49. The Hall–Kier alpha value is -2.33. The van der Waals surface area contributed by atoms with E-state index in [1.165, 1.54) is 25.7 Å². The minimum Gasteiger partial charge on any atom is -0.494 e. The monoisotopic (exact) mass is 466 g/mol. The van der Waals surface area contributed by atoms with Gasteiger partial charge in [0.2, 0.25) is 0 Å². The molecule has 0 amide bonds. The molecular formula is C30H42O4. The molecule has 0 aliphatic heterocycles. The van der Waals surface area contributed by atoms with Crippen molar-refractivity contribution in [3.05, 3.63) is 54.1 Å². The van der Waals surface area contributed by atoms with Crippen molar-refractivity contribution in [3.8, 4) is 16.9 Å². The molecule has 1 fully saturated rings. The summed E-state index contributed by atoms with van der Waals surface area (Å²) in [6.45, 7) is 5.59. The fourth-order valence-electron chi connectivity index (χ4n) is 4.67. The van der Waals surface area contributed by atoms with Crippen LogP contribution in [-0.4, -0.2) is 24.3 Å². The van der Waals surface area contributed by atoms with E-state index in [9.17, 15) is 9.90 Å². The number of ether oxygens (including phenoxy) is 2. The van der Waals surface area contributed by atoms with E-state index < -0.39 is 5.60 Å². The molecule has 1 saturated carbocycles. The Morgan fingerprint density at radius 3 is 2.03 bits per heavy atom. The highest BCUT2D eigenvalue weighted by Crippen LogP contribution is 2.40. The minimum atomic E-state index is -0.868. The fraction of sp³-hybridized carbons (Fsp3) is 0.567. The highest BCUT2D eigenvalue weighted by molar-refractivity contribution is 5.72. The summed E-state index contributed by atoms with van der Waals surface area (Å²) in [5, 5.41) is 11.2. The lowest BCUT2D eigenvalue weighted by Gasteiger charge is -2.35. The molecule has 34 heavy (non-hydrogen) atoms. The zero-order valence-corrected chi connectivity index (χ0v) is 21.1. The fourth-order valence-corrected chi connectivity index (χ4v) is 4.67. The van der Waals surface area contributed by atoms with E-state index in [0.717, 1.165) is 48.3 Å². The maximum Gasteiger partial charge on any atom is 0.308 e. The van der Waals surface area contributed by atoms with E-state index >= 15 is 0 Å². The summed E-state index contributed by atoms with van der Waals surface area (Å²) in [6.07, 6.45) is 10.6. The van der Waals surface area contributed by atoms with Gasteiger partial charge in [0.1, 0.15) is 5.75 Å². The first-order valence-corrected chi connectivity index (χ1v) is 13.3.